The van der Waals surface area contributed by atoms with Crippen molar-refractivity contribution in [3.05, 3.63) is 137 Å². The Balaban J connectivity index is 1.61. The van der Waals surface area contributed by atoms with Gasteiger partial charge in [0, 0.05) is 52.1 Å². The predicted octanol–water partition coefficient (Wildman–Crippen LogP) is 8.76. The lowest BCUT2D eigenvalue weighted by Crippen LogP contribution is -2.15. The Kier molecular flexibility index (Phi) is 5.34. The first-order valence-corrected chi connectivity index (χ1v) is 13.0. The smallest absolute Gasteiger partial charge is 0.192 e. The zero-order chi connectivity index (χ0) is 26.5. The summed E-state index contributed by atoms with van der Waals surface area (Å²) in [6.45, 7) is 1.87. The van der Waals surface area contributed by atoms with Gasteiger partial charge in [0.05, 0.1) is 16.9 Å². The van der Waals surface area contributed by atoms with Gasteiger partial charge in [0.25, 0.3) is 0 Å². The minimum Gasteiger partial charge on any atom is -0.456 e. The van der Waals surface area contributed by atoms with Crippen molar-refractivity contribution in [3.8, 4) is 33.8 Å². The van der Waals surface area contributed by atoms with Crippen molar-refractivity contribution in [2.24, 2.45) is 7.05 Å². The van der Waals surface area contributed by atoms with E-state index in [1.807, 2.05) is 67.2 Å². The lowest BCUT2D eigenvalue weighted by atomic mass is 9.96. The summed E-state index contributed by atoms with van der Waals surface area (Å²) in [5, 5.41) is 0.716. The number of nitrogens with zero attached hydrogens (tertiary/aromatic N) is 2. The Morgan fingerprint density at radius 1 is 0.615 bits per heavy atom. The van der Waals surface area contributed by atoms with Gasteiger partial charge in [-0.15, -0.1) is 0 Å². The molecule has 1 aromatic heterocycles. The van der Waals surface area contributed by atoms with E-state index < -0.39 is 0 Å². The average molecular weight is 507 g/mol. The van der Waals surface area contributed by atoms with Gasteiger partial charge in [-0.25, -0.2) is 0 Å². The third-order valence-corrected chi connectivity index (χ3v) is 7.47. The summed E-state index contributed by atoms with van der Waals surface area (Å²) in [4.78, 5) is 15.3. The summed E-state index contributed by atoms with van der Waals surface area (Å²) >= 11 is 0. The minimum absolute atomic E-state index is 0.0661. The number of aromatic nitrogens is 1. The van der Waals surface area contributed by atoms with Gasteiger partial charge in [-0.3, -0.25) is 4.79 Å². The van der Waals surface area contributed by atoms with Gasteiger partial charge in [0.1, 0.15) is 11.5 Å². The molecule has 0 saturated heterocycles. The molecule has 0 atom stereocenters. The molecule has 0 unspecified atom stereocenters. The molecule has 0 N–H and O–H groups in total. The number of rotatable bonds is 1. The minimum atomic E-state index is 0.0661. The van der Waals surface area contributed by atoms with Crippen molar-refractivity contribution in [1.82, 2.24) is 4.57 Å². The molecular weight excluding hydrogens is 480 g/mol. The van der Waals surface area contributed by atoms with Crippen LogP contribution in [0.25, 0.3) is 33.2 Å². The molecule has 0 radical (unpaired) electrons. The van der Waals surface area contributed by atoms with Gasteiger partial charge in [0.2, 0.25) is 0 Å². The first-order chi connectivity index (χ1) is 19.1. The lowest BCUT2D eigenvalue weighted by Gasteiger charge is -2.31. The SMILES string of the molecule is Cc1cn(C)c2cc(N3c4ccccc4-c4ccccc4Oc4ccccc4-c4ccccc43)ccc2c1=O. The molecule has 0 amide bonds. The molecule has 1 aliphatic rings. The number of para-hydroxylation sites is 4. The maximum Gasteiger partial charge on any atom is 0.192 e. The number of hydrogen-bond donors (Lipinski definition) is 0. The maximum atomic E-state index is 13.0. The topological polar surface area (TPSA) is 34.5 Å². The van der Waals surface area contributed by atoms with E-state index in [2.05, 4.69) is 77.7 Å². The van der Waals surface area contributed by atoms with Gasteiger partial charge in [-0.1, -0.05) is 72.8 Å². The number of fused-ring (bicyclic) bond motifs is 7. The van der Waals surface area contributed by atoms with Crippen LogP contribution in [0.4, 0.5) is 17.1 Å². The number of aryl methyl sites for hydroxylation is 2. The highest BCUT2D eigenvalue weighted by Crippen LogP contribution is 2.49. The standard InChI is InChI=1S/C35H26N2O2/c1-23-22-36(2)32-21-24(19-20-29(32)35(23)38)37-30-15-7-3-11-25(30)27-13-5-9-17-33(27)39-34-18-10-6-14-28(34)26-12-4-8-16-31(26)37/h3-22H,1-2H3. The zero-order valence-electron chi connectivity index (χ0n) is 21.8. The fourth-order valence-corrected chi connectivity index (χ4v) is 5.65. The van der Waals surface area contributed by atoms with E-state index in [9.17, 15) is 4.79 Å². The van der Waals surface area contributed by atoms with Crippen molar-refractivity contribution in [2.45, 2.75) is 6.92 Å². The fourth-order valence-electron chi connectivity index (χ4n) is 5.65. The first kappa shape index (κ1) is 23.1. The monoisotopic (exact) mass is 506 g/mol. The van der Waals surface area contributed by atoms with Crippen LogP contribution in [0.1, 0.15) is 5.56 Å². The van der Waals surface area contributed by atoms with Crippen LogP contribution >= 0.6 is 0 Å². The second kappa shape index (κ2) is 9.03. The van der Waals surface area contributed by atoms with Crippen molar-refractivity contribution in [3.63, 3.8) is 0 Å². The summed E-state index contributed by atoms with van der Waals surface area (Å²) in [7, 11) is 1.99. The summed E-state index contributed by atoms with van der Waals surface area (Å²) in [5.41, 5.74) is 8.84. The van der Waals surface area contributed by atoms with E-state index in [1.54, 1.807) is 0 Å². The molecule has 6 aromatic rings. The van der Waals surface area contributed by atoms with Crippen LogP contribution in [-0.4, -0.2) is 4.57 Å². The lowest BCUT2D eigenvalue weighted by molar-refractivity contribution is 0.486. The molecule has 188 valence electrons. The summed E-state index contributed by atoms with van der Waals surface area (Å²) < 4.78 is 8.65. The van der Waals surface area contributed by atoms with Crippen molar-refractivity contribution >= 4 is 28.0 Å². The van der Waals surface area contributed by atoms with Crippen LogP contribution in [0.3, 0.4) is 0 Å². The molecule has 0 fully saturated rings. The van der Waals surface area contributed by atoms with Gasteiger partial charge >= 0.3 is 0 Å². The van der Waals surface area contributed by atoms with E-state index in [4.69, 9.17) is 4.74 Å². The van der Waals surface area contributed by atoms with Crippen molar-refractivity contribution in [2.75, 3.05) is 4.90 Å². The van der Waals surface area contributed by atoms with Crippen LogP contribution < -0.4 is 15.1 Å². The van der Waals surface area contributed by atoms with Gasteiger partial charge in [0.15, 0.2) is 5.43 Å². The third-order valence-electron chi connectivity index (χ3n) is 7.47. The highest BCUT2D eigenvalue weighted by molar-refractivity contribution is 5.97. The van der Waals surface area contributed by atoms with E-state index in [-0.39, 0.29) is 5.43 Å². The van der Waals surface area contributed by atoms with E-state index >= 15 is 0 Å². The van der Waals surface area contributed by atoms with Crippen LogP contribution in [-0.2, 0) is 7.05 Å². The molecule has 2 heterocycles. The van der Waals surface area contributed by atoms with Crippen LogP contribution in [0, 0.1) is 6.92 Å². The van der Waals surface area contributed by atoms with E-state index in [0.29, 0.717) is 5.39 Å². The molecule has 0 aliphatic carbocycles. The van der Waals surface area contributed by atoms with Gasteiger partial charge in [-0.05, 0) is 49.4 Å². The molecule has 0 spiro atoms. The van der Waals surface area contributed by atoms with Gasteiger partial charge < -0.3 is 14.2 Å². The molecule has 39 heavy (non-hydrogen) atoms. The molecule has 1 aliphatic heterocycles. The third kappa shape index (κ3) is 3.72. The number of benzene rings is 5. The normalized spacial score (nSPS) is 12.1. The van der Waals surface area contributed by atoms with Gasteiger partial charge in [-0.2, -0.15) is 0 Å². The summed E-state index contributed by atoms with van der Waals surface area (Å²) in [6, 6.07) is 39.3. The second-order valence-electron chi connectivity index (χ2n) is 9.92. The average Bonchev–Trinajstić information content (AvgIpc) is 2.97. The maximum absolute atomic E-state index is 13.0. The van der Waals surface area contributed by atoms with E-state index in [0.717, 1.165) is 61.9 Å². The summed E-state index contributed by atoms with van der Waals surface area (Å²) in [5.74, 6) is 1.60. The molecule has 4 nitrogen and oxygen atoms in total. The number of anilines is 3. The molecule has 4 heteroatoms. The van der Waals surface area contributed by atoms with Crippen molar-refractivity contribution < 1.29 is 4.74 Å². The zero-order valence-corrected chi connectivity index (χ0v) is 21.8. The fraction of sp³-hybridized carbons (Fsp3) is 0.0571. The number of ether oxygens (including phenoxy) is 1. The largest absolute Gasteiger partial charge is 0.456 e. The highest BCUT2D eigenvalue weighted by atomic mass is 16.5. The second-order valence-corrected chi connectivity index (χ2v) is 9.92. The Hall–Kier alpha value is -5.09. The molecule has 7 rings (SSSR count). The molecule has 5 aromatic carbocycles. The Morgan fingerprint density at radius 2 is 1.13 bits per heavy atom. The molecule has 0 saturated carbocycles. The Bertz CT molecular complexity index is 1860. The predicted molar refractivity (Wildman–Crippen MR) is 160 cm³/mol. The summed E-state index contributed by atoms with van der Waals surface area (Å²) in [6.07, 6.45) is 1.91. The van der Waals surface area contributed by atoms with Crippen LogP contribution in [0.2, 0.25) is 0 Å². The number of hydrogen-bond acceptors (Lipinski definition) is 3. The van der Waals surface area contributed by atoms with Crippen molar-refractivity contribution in [1.29, 1.82) is 0 Å². The van der Waals surface area contributed by atoms with E-state index in [1.165, 1.54) is 0 Å². The van der Waals surface area contributed by atoms with Crippen LogP contribution in [0.5, 0.6) is 11.5 Å². The quantitative estimate of drug-likeness (QED) is 0.223. The first-order valence-electron chi connectivity index (χ1n) is 13.0. The Labute approximate surface area is 227 Å². The Morgan fingerprint density at radius 3 is 1.72 bits per heavy atom. The van der Waals surface area contributed by atoms with Crippen LogP contribution in [0.15, 0.2) is 126 Å². The number of pyridine rings is 1. The highest BCUT2D eigenvalue weighted by Gasteiger charge is 2.25. The molecular formula is C35H26N2O2. The molecule has 0 bridgehead atoms.